The molecule has 1 heterocycles. The smallest absolute Gasteiger partial charge is 0.199 e. The maximum atomic E-state index is 5.28. The Bertz CT molecular complexity index is 778. The first-order valence-corrected chi connectivity index (χ1v) is 10.1. The average Bonchev–Trinajstić information content (AvgIpc) is 2.74. The highest BCUT2D eigenvalue weighted by Gasteiger charge is 2.21. The summed E-state index contributed by atoms with van der Waals surface area (Å²) in [5.74, 6) is 1.89. The predicted molar refractivity (Wildman–Crippen MR) is 111 cm³/mol. The van der Waals surface area contributed by atoms with Crippen LogP contribution in [0.15, 0.2) is 53.5 Å². The lowest BCUT2D eigenvalue weighted by Gasteiger charge is -2.33. The quantitative estimate of drug-likeness (QED) is 0.625. The third-order valence-electron chi connectivity index (χ3n) is 5.66. The number of benzene rings is 2. The molecule has 4 heteroatoms. The van der Waals surface area contributed by atoms with Crippen LogP contribution in [0.5, 0.6) is 5.75 Å². The number of hydrogen-bond acceptors (Lipinski definition) is 2. The summed E-state index contributed by atoms with van der Waals surface area (Å²) in [4.78, 5) is 7.57. The van der Waals surface area contributed by atoms with Gasteiger partial charge in [-0.05, 0) is 54.7 Å². The van der Waals surface area contributed by atoms with Crippen molar-refractivity contribution in [3.05, 3.63) is 59.7 Å². The molecule has 4 rings (SSSR count). The van der Waals surface area contributed by atoms with Gasteiger partial charge in [-0.3, -0.25) is 0 Å². The molecule has 1 aliphatic carbocycles. The van der Waals surface area contributed by atoms with Crippen LogP contribution in [0.2, 0.25) is 0 Å². The van der Waals surface area contributed by atoms with E-state index >= 15 is 0 Å². The van der Waals surface area contributed by atoms with Crippen LogP contribution in [-0.4, -0.2) is 30.6 Å². The first kappa shape index (κ1) is 17.9. The van der Waals surface area contributed by atoms with Crippen molar-refractivity contribution in [1.29, 1.82) is 0 Å². The lowest BCUT2D eigenvalue weighted by atomic mass is 9.96. The van der Waals surface area contributed by atoms with Gasteiger partial charge in [0.1, 0.15) is 5.75 Å². The predicted octanol–water partition coefficient (Wildman–Crippen LogP) is 4.85. The van der Waals surface area contributed by atoms with Crippen molar-refractivity contribution in [3.8, 4) is 5.75 Å². The van der Waals surface area contributed by atoms with E-state index < -0.39 is 0 Å². The fourth-order valence-corrected chi connectivity index (χ4v) is 4.06. The molecule has 2 aromatic rings. The van der Waals surface area contributed by atoms with Gasteiger partial charge in [0.05, 0.1) is 13.2 Å². The van der Waals surface area contributed by atoms with Crippen LogP contribution >= 0.6 is 0 Å². The van der Waals surface area contributed by atoms with Crippen LogP contribution in [0.4, 0.5) is 5.69 Å². The minimum Gasteiger partial charge on any atom is -0.497 e. The van der Waals surface area contributed by atoms with Crippen LogP contribution in [0, 0.1) is 0 Å². The SMILES string of the molecule is COc1ccc(NC(=NC2CCCCC2)N2CCc3ccccc3C2)cc1. The molecule has 0 bridgehead atoms. The van der Waals surface area contributed by atoms with Gasteiger partial charge in [0.2, 0.25) is 0 Å². The monoisotopic (exact) mass is 363 g/mol. The van der Waals surface area contributed by atoms with Crippen molar-refractivity contribution in [2.45, 2.75) is 51.1 Å². The molecule has 0 amide bonds. The van der Waals surface area contributed by atoms with Crippen LogP contribution in [-0.2, 0) is 13.0 Å². The molecule has 4 nitrogen and oxygen atoms in total. The molecule has 0 atom stereocenters. The zero-order valence-electron chi connectivity index (χ0n) is 16.2. The van der Waals surface area contributed by atoms with Gasteiger partial charge >= 0.3 is 0 Å². The molecule has 0 aromatic heterocycles. The number of hydrogen-bond donors (Lipinski definition) is 1. The fourth-order valence-electron chi connectivity index (χ4n) is 4.06. The van der Waals surface area contributed by atoms with Crippen molar-refractivity contribution < 1.29 is 4.74 Å². The second-order valence-electron chi connectivity index (χ2n) is 7.54. The second-order valence-corrected chi connectivity index (χ2v) is 7.54. The van der Waals surface area contributed by atoms with Gasteiger partial charge < -0.3 is 15.0 Å². The van der Waals surface area contributed by atoms with Gasteiger partial charge in [-0.25, -0.2) is 4.99 Å². The minimum atomic E-state index is 0.441. The fraction of sp³-hybridized carbons (Fsp3) is 0.435. The van der Waals surface area contributed by atoms with E-state index in [0.717, 1.165) is 36.9 Å². The van der Waals surface area contributed by atoms with E-state index in [1.54, 1.807) is 7.11 Å². The van der Waals surface area contributed by atoms with E-state index in [1.807, 2.05) is 12.1 Å². The van der Waals surface area contributed by atoms with Gasteiger partial charge in [0.15, 0.2) is 5.96 Å². The molecule has 142 valence electrons. The maximum Gasteiger partial charge on any atom is 0.199 e. The van der Waals surface area contributed by atoms with Gasteiger partial charge in [0.25, 0.3) is 0 Å². The van der Waals surface area contributed by atoms with Crippen LogP contribution in [0.25, 0.3) is 0 Å². The molecule has 0 radical (unpaired) electrons. The number of anilines is 1. The van der Waals surface area contributed by atoms with Gasteiger partial charge in [-0.2, -0.15) is 0 Å². The molecule has 1 aliphatic heterocycles. The first-order valence-electron chi connectivity index (χ1n) is 10.1. The molecule has 27 heavy (non-hydrogen) atoms. The molecule has 1 fully saturated rings. The van der Waals surface area contributed by atoms with Crippen molar-refractivity contribution >= 4 is 11.6 Å². The van der Waals surface area contributed by atoms with E-state index in [1.165, 1.54) is 43.2 Å². The lowest BCUT2D eigenvalue weighted by Crippen LogP contribution is -2.41. The summed E-state index contributed by atoms with van der Waals surface area (Å²) in [7, 11) is 1.70. The second kappa shape index (κ2) is 8.47. The van der Waals surface area contributed by atoms with E-state index in [2.05, 4.69) is 46.6 Å². The van der Waals surface area contributed by atoms with Gasteiger partial charge in [0, 0.05) is 18.8 Å². The number of guanidine groups is 1. The highest BCUT2D eigenvalue weighted by molar-refractivity contribution is 5.94. The Kier molecular flexibility index (Phi) is 5.61. The summed E-state index contributed by atoms with van der Waals surface area (Å²) < 4.78 is 5.28. The highest BCUT2D eigenvalue weighted by Crippen LogP contribution is 2.24. The molecule has 0 spiro atoms. The molecule has 0 saturated heterocycles. The van der Waals surface area contributed by atoms with E-state index in [0.29, 0.717) is 6.04 Å². The Labute approximate surface area is 162 Å². The van der Waals surface area contributed by atoms with Crippen molar-refractivity contribution in [3.63, 3.8) is 0 Å². The van der Waals surface area contributed by atoms with E-state index in [-0.39, 0.29) is 0 Å². The number of fused-ring (bicyclic) bond motifs is 1. The molecule has 2 aliphatic rings. The topological polar surface area (TPSA) is 36.9 Å². The number of nitrogens with one attached hydrogen (secondary N) is 1. The van der Waals surface area contributed by atoms with Gasteiger partial charge in [-0.15, -0.1) is 0 Å². The number of aliphatic imine (C=N–C) groups is 1. The Morgan fingerprint density at radius 3 is 2.48 bits per heavy atom. The number of rotatable bonds is 3. The van der Waals surface area contributed by atoms with E-state index in [9.17, 15) is 0 Å². The molecular weight excluding hydrogens is 334 g/mol. The van der Waals surface area contributed by atoms with Crippen LogP contribution in [0.1, 0.15) is 43.2 Å². The van der Waals surface area contributed by atoms with Crippen LogP contribution in [0.3, 0.4) is 0 Å². The van der Waals surface area contributed by atoms with Crippen LogP contribution < -0.4 is 10.1 Å². The minimum absolute atomic E-state index is 0.441. The Balaban J connectivity index is 1.56. The third-order valence-corrected chi connectivity index (χ3v) is 5.66. The molecule has 1 saturated carbocycles. The summed E-state index contributed by atoms with van der Waals surface area (Å²) in [6, 6.07) is 17.3. The van der Waals surface area contributed by atoms with Crippen molar-refractivity contribution in [2.75, 3.05) is 19.0 Å². The molecule has 1 N–H and O–H groups in total. The number of nitrogens with zero attached hydrogens (tertiary/aromatic N) is 2. The Morgan fingerprint density at radius 1 is 1.00 bits per heavy atom. The van der Waals surface area contributed by atoms with Crippen molar-refractivity contribution in [1.82, 2.24) is 4.90 Å². The van der Waals surface area contributed by atoms with E-state index in [4.69, 9.17) is 9.73 Å². The Hall–Kier alpha value is -2.49. The maximum absolute atomic E-state index is 5.28. The third kappa shape index (κ3) is 4.44. The molecular formula is C23H29N3O. The summed E-state index contributed by atoms with van der Waals surface area (Å²) in [6.07, 6.45) is 7.44. The average molecular weight is 364 g/mol. The Morgan fingerprint density at radius 2 is 1.74 bits per heavy atom. The highest BCUT2D eigenvalue weighted by atomic mass is 16.5. The zero-order valence-corrected chi connectivity index (χ0v) is 16.2. The largest absolute Gasteiger partial charge is 0.497 e. The zero-order chi connectivity index (χ0) is 18.5. The first-order chi connectivity index (χ1) is 13.3. The molecule has 0 unspecified atom stereocenters. The standard InChI is InChI=1S/C23H29N3O/c1-27-22-13-11-21(12-14-22)25-23(24-20-9-3-2-4-10-20)26-16-15-18-7-5-6-8-19(18)17-26/h5-8,11-14,20H,2-4,9-10,15-17H2,1H3,(H,24,25). The molecule has 2 aromatic carbocycles. The summed E-state index contributed by atoms with van der Waals surface area (Å²) in [5, 5.41) is 3.60. The van der Waals surface area contributed by atoms with Crippen molar-refractivity contribution in [2.24, 2.45) is 4.99 Å². The van der Waals surface area contributed by atoms with Gasteiger partial charge in [-0.1, -0.05) is 43.5 Å². The number of methoxy groups -OCH3 is 1. The lowest BCUT2D eigenvalue weighted by molar-refractivity contribution is 0.380. The summed E-state index contributed by atoms with van der Waals surface area (Å²) in [6.45, 7) is 1.93. The summed E-state index contributed by atoms with van der Waals surface area (Å²) >= 11 is 0. The normalized spacial score (nSPS) is 18.1. The number of ether oxygens (including phenoxy) is 1. The summed E-state index contributed by atoms with van der Waals surface area (Å²) in [5.41, 5.74) is 3.94.